The molecule has 1 N–H and O–H groups in total. The third kappa shape index (κ3) is 6.01. The molecule has 1 amide bonds. The molecule has 0 spiro atoms. The van der Waals surface area contributed by atoms with Crippen LogP contribution in [-0.2, 0) is 14.8 Å². The highest BCUT2D eigenvalue weighted by atomic mass is 35.5. The van der Waals surface area contributed by atoms with Crippen molar-refractivity contribution in [2.24, 2.45) is 5.10 Å². The first-order valence-corrected chi connectivity index (χ1v) is 12.4. The summed E-state index contributed by atoms with van der Waals surface area (Å²) in [5.74, 6) is -0.451. The molecule has 0 bridgehead atoms. The van der Waals surface area contributed by atoms with E-state index in [1.807, 2.05) is 0 Å². The maximum absolute atomic E-state index is 13.5. The molecule has 3 rings (SSSR count). The van der Waals surface area contributed by atoms with E-state index in [9.17, 15) is 13.2 Å². The van der Waals surface area contributed by atoms with Crippen LogP contribution in [0, 0.1) is 0 Å². The van der Waals surface area contributed by atoms with Crippen molar-refractivity contribution in [3.8, 4) is 5.75 Å². The van der Waals surface area contributed by atoms with Crippen LogP contribution >= 0.6 is 34.8 Å². The molecule has 0 aliphatic heterocycles. The van der Waals surface area contributed by atoms with E-state index in [0.717, 1.165) is 4.31 Å². The van der Waals surface area contributed by atoms with Crippen LogP contribution in [0.25, 0.3) is 0 Å². The number of carbonyl (C=O) groups excluding carboxylic acids is 1. The summed E-state index contributed by atoms with van der Waals surface area (Å²) < 4.78 is 33.2. The lowest BCUT2D eigenvalue weighted by atomic mass is 10.1. The van der Waals surface area contributed by atoms with Crippen LogP contribution in [0.5, 0.6) is 5.75 Å². The van der Waals surface area contributed by atoms with E-state index in [1.54, 1.807) is 49.4 Å². The van der Waals surface area contributed by atoms with Crippen LogP contribution < -0.4 is 14.5 Å². The molecule has 0 saturated heterocycles. The predicted octanol–water partition coefficient (Wildman–Crippen LogP) is 5.39. The number of nitrogens with zero attached hydrogens (tertiary/aromatic N) is 2. The number of nitrogens with one attached hydrogen (secondary N) is 1. The first-order chi connectivity index (χ1) is 16.1. The number of hydrogen-bond acceptors (Lipinski definition) is 5. The minimum absolute atomic E-state index is 0.000293. The first kappa shape index (κ1) is 25.8. The van der Waals surface area contributed by atoms with Crippen molar-refractivity contribution >= 4 is 62.1 Å². The van der Waals surface area contributed by atoms with Gasteiger partial charge in [-0.1, -0.05) is 59.1 Å². The van der Waals surface area contributed by atoms with Gasteiger partial charge in [0.05, 0.1) is 33.4 Å². The molecule has 0 aromatic heterocycles. The average Bonchev–Trinajstić information content (AvgIpc) is 2.83. The number of rotatable bonds is 8. The fraction of sp³-hybridized carbons (Fsp3) is 0.130. The smallest absolute Gasteiger partial charge is 0.264 e. The van der Waals surface area contributed by atoms with Crippen LogP contribution in [0.3, 0.4) is 0 Å². The number of ether oxygens (including phenoxy) is 1. The van der Waals surface area contributed by atoms with Gasteiger partial charge in [-0.25, -0.2) is 13.8 Å². The molecule has 0 radical (unpaired) electrons. The molecule has 7 nitrogen and oxygen atoms in total. The molecule has 0 saturated carbocycles. The van der Waals surface area contributed by atoms with Gasteiger partial charge in [0.15, 0.2) is 0 Å². The van der Waals surface area contributed by atoms with E-state index in [2.05, 4.69) is 10.5 Å². The summed E-state index contributed by atoms with van der Waals surface area (Å²) in [6, 6.07) is 17.1. The Labute approximate surface area is 212 Å². The van der Waals surface area contributed by atoms with Crippen molar-refractivity contribution in [2.45, 2.75) is 11.8 Å². The molecule has 0 aliphatic rings. The van der Waals surface area contributed by atoms with Gasteiger partial charge in [0.1, 0.15) is 12.3 Å². The molecule has 0 unspecified atom stereocenters. The Kier molecular flexibility index (Phi) is 8.43. The molecular formula is C23H20Cl3N3O4S. The Hall–Kier alpha value is -2.78. The molecule has 3 aromatic rings. The number of carbonyl (C=O) groups is 1. The van der Waals surface area contributed by atoms with Crippen LogP contribution in [-0.4, -0.2) is 33.7 Å². The highest BCUT2D eigenvalue weighted by Gasteiger charge is 2.29. The normalized spacial score (nSPS) is 11.7. The molecule has 0 atom stereocenters. The second-order valence-electron chi connectivity index (χ2n) is 7.00. The summed E-state index contributed by atoms with van der Waals surface area (Å²) in [5, 5.41) is 5.07. The topological polar surface area (TPSA) is 88.1 Å². The molecule has 178 valence electrons. The summed E-state index contributed by atoms with van der Waals surface area (Å²) in [6.07, 6.45) is 0. The van der Waals surface area contributed by atoms with E-state index in [1.165, 1.54) is 31.4 Å². The lowest BCUT2D eigenvalue weighted by Crippen LogP contribution is -2.40. The summed E-state index contributed by atoms with van der Waals surface area (Å²) in [6.45, 7) is 1.09. The van der Waals surface area contributed by atoms with Crippen molar-refractivity contribution < 1.29 is 17.9 Å². The zero-order valence-electron chi connectivity index (χ0n) is 18.1. The predicted molar refractivity (Wildman–Crippen MR) is 136 cm³/mol. The van der Waals surface area contributed by atoms with Crippen molar-refractivity contribution in [1.82, 2.24) is 5.43 Å². The zero-order valence-corrected chi connectivity index (χ0v) is 21.2. The van der Waals surface area contributed by atoms with Gasteiger partial charge in [-0.05, 0) is 55.0 Å². The number of methoxy groups -OCH3 is 1. The van der Waals surface area contributed by atoms with Crippen molar-refractivity contribution in [2.75, 3.05) is 18.0 Å². The van der Waals surface area contributed by atoms with Gasteiger partial charge in [0.25, 0.3) is 15.9 Å². The van der Waals surface area contributed by atoms with Gasteiger partial charge in [-0.2, -0.15) is 5.10 Å². The fourth-order valence-electron chi connectivity index (χ4n) is 2.98. The Morgan fingerprint density at radius 3 is 2.35 bits per heavy atom. The van der Waals surface area contributed by atoms with Gasteiger partial charge in [-0.15, -0.1) is 0 Å². The number of halogens is 3. The Balaban J connectivity index is 1.94. The van der Waals surface area contributed by atoms with E-state index < -0.39 is 22.5 Å². The standard InChI is InChI=1S/C23H20Cl3N3O4S/c1-15(16-8-10-19(25)20(26)12-16)27-28-23(30)14-29(21-13-17(24)9-11-22(21)33-2)34(31,32)18-6-4-3-5-7-18/h3-13H,14H2,1-2H3,(H,28,30)/b27-15-. The van der Waals surface area contributed by atoms with E-state index in [4.69, 9.17) is 39.5 Å². The SMILES string of the molecule is COc1ccc(Cl)cc1N(CC(=O)N/N=C(/C)c1ccc(Cl)c(Cl)c1)S(=O)(=O)c1ccccc1. The number of hydrazone groups is 1. The quantitative estimate of drug-likeness (QED) is 0.306. The average molecular weight is 541 g/mol. The zero-order chi connectivity index (χ0) is 24.9. The fourth-order valence-corrected chi connectivity index (χ4v) is 4.88. The molecule has 3 aromatic carbocycles. The largest absolute Gasteiger partial charge is 0.495 e. The van der Waals surface area contributed by atoms with Crippen LogP contribution in [0.15, 0.2) is 76.7 Å². The van der Waals surface area contributed by atoms with E-state index in [-0.39, 0.29) is 21.4 Å². The summed E-state index contributed by atoms with van der Waals surface area (Å²) in [5.41, 5.74) is 3.58. The van der Waals surface area contributed by atoms with Gasteiger partial charge in [0.2, 0.25) is 0 Å². The summed E-state index contributed by atoms with van der Waals surface area (Å²) >= 11 is 18.1. The highest BCUT2D eigenvalue weighted by molar-refractivity contribution is 7.92. The Bertz CT molecular complexity index is 1330. The van der Waals surface area contributed by atoms with Crippen molar-refractivity contribution in [3.63, 3.8) is 0 Å². The van der Waals surface area contributed by atoms with Gasteiger partial charge in [-0.3, -0.25) is 9.10 Å². The lowest BCUT2D eigenvalue weighted by Gasteiger charge is -2.25. The Morgan fingerprint density at radius 1 is 1.00 bits per heavy atom. The summed E-state index contributed by atoms with van der Waals surface area (Å²) in [7, 11) is -2.75. The molecule has 0 aliphatic carbocycles. The third-order valence-corrected chi connectivity index (χ3v) is 7.46. The van der Waals surface area contributed by atoms with Gasteiger partial charge in [0, 0.05) is 5.02 Å². The molecule has 11 heteroatoms. The number of amides is 1. The van der Waals surface area contributed by atoms with Gasteiger partial charge >= 0.3 is 0 Å². The number of hydrogen-bond donors (Lipinski definition) is 1. The maximum Gasteiger partial charge on any atom is 0.264 e. The minimum Gasteiger partial charge on any atom is -0.495 e. The lowest BCUT2D eigenvalue weighted by molar-refractivity contribution is -0.119. The molecule has 34 heavy (non-hydrogen) atoms. The second kappa shape index (κ2) is 11.1. The maximum atomic E-state index is 13.5. The monoisotopic (exact) mass is 539 g/mol. The van der Waals surface area contributed by atoms with Crippen LogP contribution in [0.4, 0.5) is 5.69 Å². The highest BCUT2D eigenvalue weighted by Crippen LogP contribution is 2.34. The van der Waals surface area contributed by atoms with E-state index in [0.29, 0.717) is 21.3 Å². The van der Waals surface area contributed by atoms with Crippen molar-refractivity contribution in [1.29, 1.82) is 0 Å². The number of sulfonamides is 1. The number of anilines is 1. The number of benzene rings is 3. The van der Waals surface area contributed by atoms with Crippen molar-refractivity contribution in [3.05, 3.63) is 87.4 Å². The van der Waals surface area contributed by atoms with Crippen LogP contribution in [0.1, 0.15) is 12.5 Å². The third-order valence-electron chi connectivity index (χ3n) is 4.71. The molecule has 0 fully saturated rings. The Morgan fingerprint density at radius 2 is 1.71 bits per heavy atom. The van der Waals surface area contributed by atoms with Gasteiger partial charge < -0.3 is 4.74 Å². The first-order valence-electron chi connectivity index (χ1n) is 9.83. The minimum atomic E-state index is -4.15. The summed E-state index contributed by atoms with van der Waals surface area (Å²) in [4.78, 5) is 12.8. The molecular weight excluding hydrogens is 521 g/mol. The van der Waals surface area contributed by atoms with Crippen LogP contribution in [0.2, 0.25) is 15.1 Å². The second-order valence-corrected chi connectivity index (χ2v) is 10.1. The molecule has 0 heterocycles. The van der Waals surface area contributed by atoms with E-state index >= 15 is 0 Å².